The van der Waals surface area contributed by atoms with Crippen molar-refractivity contribution >= 4 is 34.4 Å². The molecule has 8 nitrogen and oxygen atoms in total. The molecule has 9 heteroatoms. The number of nitrogens with one attached hydrogen (secondary N) is 1. The van der Waals surface area contributed by atoms with Gasteiger partial charge in [-0.05, 0) is 47.4 Å². The molecule has 0 bridgehead atoms. The molecule has 0 saturated heterocycles. The molecule has 0 spiro atoms. The van der Waals surface area contributed by atoms with E-state index in [0.29, 0.717) is 29.5 Å². The van der Waals surface area contributed by atoms with E-state index in [1.54, 1.807) is 0 Å². The van der Waals surface area contributed by atoms with E-state index in [-0.39, 0.29) is 0 Å². The number of benzene rings is 2. The fourth-order valence-corrected chi connectivity index (χ4v) is 4.93. The Balaban J connectivity index is 1.46. The van der Waals surface area contributed by atoms with Crippen molar-refractivity contribution in [2.45, 2.75) is 33.4 Å². The Kier molecular flexibility index (Phi) is 5.45. The van der Waals surface area contributed by atoms with Gasteiger partial charge >= 0.3 is 5.76 Å². The van der Waals surface area contributed by atoms with Crippen molar-refractivity contribution in [3.8, 4) is 5.75 Å². The third-order valence-electron chi connectivity index (χ3n) is 6.29. The lowest BCUT2D eigenvalue weighted by Crippen LogP contribution is -2.06. The number of aryl methyl sites for hydroxylation is 2. The van der Waals surface area contributed by atoms with E-state index in [0.717, 1.165) is 57.2 Å². The highest BCUT2D eigenvalue weighted by atomic mass is 35.5. The molecule has 1 aliphatic heterocycles. The zero-order valence-corrected chi connectivity index (χ0v) is 20.5. The van der Waals surface area contributed by atoms with E-state index in [1.807, 2.05) is 55.5 Å². The van der Waals surface area contributed by atoms with E-state index < -0.39 is 5.76 Å². The Bertz CT molecular complexity index is 1710. The molecule has 4 heterocycles. The molecule has 0 amide bonds. The van der Waals surface area contributed by atoms with Gasteiger partial charge in [0.1, 0.15) is 23.7 Å². The third-order valence-corrected chi connectivity index (χ3v) is 6.57. The number of hydrogen-bond donors (Lipinski definition) is 1. The molecule has 0 aliphatic carbocycles. The number of pyridine rings is 1. The molecule has 0 saturated carbocycles. The van der Waals surface area contributed by atoms with Crippen molar-refractivity contribution in [3.05, 3.63) is 104 Å². The van der Waals surface area contributed by atoms with Crippen molar-refractivity contribution in [1.29, 1.82) is 0 Å². The summed E-state index contributed by atoms with van der Waals surface area (Å²) in [6.45, 7) is 4.99. The van der Waals surface area contributed by atoms with E-state index in [1.165, 1.54) is 0 Å². The maximum Gasteiger partial charge on any atom is 0.439 e. The second kappa shape index (κ2) is 8.80. The lowest BCUT2D eigenvalue weighted by Gasteiger charge is -2.13. The lowest BCUT2D eigenvalue weighted by atomic mass is 9.93. The summed E-state index contributed by atoms with van der Waals surface area (Å²) in [6.07, 6.45) is 2.56. The van der Waals surface area contributed by atoms with Gasteiger partial charge in [0.05, 0.1) is 11.6 Å². The molecule has 5 aromatic rings. The second-order valence-electron chi connectivity index (χ2n) is 8.70. The van der Waals surface area contributed by atoms with Crippen molar-refractivity contribution in [1.82, 2.24) is 24.7 Å². The van der Waals surface area contributed by atoms with Gasteiger partial charge in [-0.3, -0.25) is 9.51 Å². The van der Waals surface area contributed by atoms with Crippen LogP contribution in [0.25, 0.3) is 22.8 Å². The van der Waals surface area contributed by atoms with Crippen LogP contribution in [0.3, 0.4) is 0 Å². The van der Waals surface area contributed by atoms with Gasteiger partial charge < -0.3 is 9.30 Å². The van der Waals surface area contributed by atoms with Crippen LogP contribution in [0.15, 0.2) is 57.8 Å². The SMILES string of the molecule is CCc1nc2c(Cl)cc(C)nc2n1Cc1ccc2c(c1)OCc1ccccc1C2=Cc1noc(=O)[nH]1. The minimum atomic E-state index is -0.598. The number of H-pyrrole nitrogens is 1. The smallest absolute Gasteiger partial charge is 0.439 e. The fraction of sp³-hybridized carbons (Fsp3) is 0.185. The summed E-state index contributed by atoms with van der Waals surface area (Å²) in [5.74, 6) is 1.41. The van der Waals surface area contributed by atoms with Gasteiger partial charge in [-0.25, -0.2) is 14.8 Å². The normalized spacial score (nSPS) is 13.9. The predicted octanol–water partition coefficient (Wildman–Crippen LogP) is 5.16. The van der Waals surface area contributed by atoms with Gasteiger partial charge in [0.25, 0.3) is 0 Å². The number of fused-ring (bicyclic) bond motifs is 3. The minimum Gasteiger partial charge on any atom is -0.488 e. The highest BCUT2D eigenvalue weighted by Crippen LogP contribution is 2.38. The zero-order chi connectivity index (χ0) is 24.8. The fourth-order valence-electron chi connectivity index (χ4n) is 4.64. The summed E-state index contributed by atoms with van der Waals surface area (Å²) in [7, 11) is 0. The van der Waals surface area contributed by atoms with Gasteiger partial charge in [0.2, 0.25) is 0 Å². The predicted molar refractivity (Wildman–Crippen MR) is 137 cm³/mol. The average molecular weight is 500 g/mol. The van der Waals surface area contributed by atoms with E-state index in [4.69, 9.17) is 30.8 Å². The van der Waals surface area contributed by atoms with Crippen LogP contribution in [-0.4, -0.2) is 24.7 Å². The van der Waals surface area contributed by atoms with Crippen LogP contribution in [0.5, 0.6) is 5.75 Å². The number of nitrogens with zero attached hydrogens (tertiary/aromatic N) is 4. The van der Waals surface area contributed by atoms with Crippen LogP contribution in [0, 0.1) is 6.92 Å². The molecule has 0 fully saturated rings. The summed E-state index contributed by atoms with van der Waals surface area (Å²) >= 11 is 6.47. The molecule has 0 radical (unpaired) electrons. The van der Waals surface area contributed by atoms with E-state index >= 15 is 0 Å². The first-order valence-electron chi connectivity index (χ1n) is 11.6. The summed E-state index contributed by atoms with van der Waals surface area (Å²) < 4.78 is 13.1. The van der Waals surface area contributed by atoms with Crippen LogP contribution in [0.2, 0.25) is 5.02 Å². The Labute approximate surface area is 211 Å². The molecule has 1 N–H and O–H groups in total. The Hall–Kier alpha value is -4.17. The standard InChI is InChI=1S/C27H22ClN5O3/c1-3-24-31-25-21(28)10-15(2)29-26(25)33(24)13-16-8-9-19-20(12-23-30-27(34)36-32-23)18-7-5-4-6-17(18)14-35-22(19)11-16/h4-12H,3,13-14H2,1-2H3,(H,30,32,34). The largest absolute Gasteiger partial charge is 0.488 e. The maximum absolute atomic E-state index is 11.5. The van der Waals surface area contributed by atoms with Crippen LogP contribution in [0.1, 0.15) is 46.5 Å². The van der Waals surface area contributed by atoms with Crippen molar-refractivity contribution in [2.75, 3.05) is 0 Å². The number of aromatic amines is 1. The number of hydrogen-bond acceptors (Lipinski definition) is 6. The molecule has 0 unspecified atom stereocenters. The van der Waals surface area contributed by atoms with E-state index in [9.17, 15) is 4.79 Å². The van der Waals surface area contributed by atoms with Crippen molar-refractivity contribution < 1.29 is 9.26 Å². The molecular formula is C27H22ClN5O3. The minimum absolute atomic E-state index is 0.345. The maximum atomic E-state index is 11.5. The van der Waals surface area contributed by atoms with Crippen LogP contribution < -0.4 is 10.5 Å². The molecular weight excluding hydrogens is 478 g/mol. The molecule has 180 valence electrons. The van der Waals surface area contributed by atoms with Gasteiger partial charge in [-0.15, -0.1) is 0 Å². The quantitative estimate of drug-likeness (QED) is 0.366. The Morgan fingerprint density at radius 1 is 1.14 bits per heavy atom. The summed E-state index contributed by atoms with van der Waals surface area (Å²) in [5, 5.41) is 4.43. The molecule has 3 aromatic heterocycles. The number of aromatic nitrogens is 5. The lowest BCUT2D eigenvalue weighted by molar-refractivity contribution is 0.307. The second-order valence-corrected chi connectivity index (χ2v) is 9.11. The summed E-state index contributed by atoms with van der Waals surface area (Å²) in [4.78, 5) is 23.6. The first kappa shape index (κ1) is 22.3. The van der Waals surface area contributed by atoms with E-state index in [2.05, 4.69) is 27.7 Å². The van der Waals surface area contributed by atoms with Crippen LogP contribution in [0.4, 0.5) is 0 Å². The molecule has 36 heavy (non-hydrogen) atoms. The summed E-state index contributed by atoms with van der Waals surface area (Å²) in [5.41, 5.74) is 7.22. The molecule has 1 aliphatic rings. The highest BCUT2D eigenvalue weighted by molar-refractivity contribution is 6.34. The average Bonchev–Trinajstić information content (AvgIpc) is 3.40. The van der Waals surface area contributed by atoms with Crippen molar-refractivity contribution in [2.24, 2.45) is 0 Å². The highest BCUT2D eigenvalue weighted by Gasteiger charge is 2.21. The monoisotopic (exact) mass is 499 g/mol. The Morgan fingerprint density at radius 3 is 2.81 bits per heavy atom. The van der Waals surface area contributed by atoms with Gasteiger partial charge in [0, 0.05) is 17.7 Å². The molecule has 6 rings (SSSR count). The van der Waals surface area contributed by atoms with Gasteiger partial charge in [-0.1, -0.05) is 60.1 Å². The number of imidazole rings is 1. The topological polar surface area (TPSA) is 98.8 Å². The molecule has 2 aromatic carbocycles. The molecule has 0 atom stereocenters. The first-order chi connectivity index (χ1) is 17.5. The first-order valence-corrected chi connectivity index (χ1v) is 12.0. The summed E-state index contributed by atoms with van der Waals surface area (Å²) in [6, 6.07) is 16.0. The number of ether oxygens (including phenoxy) is 1. The number of rotatable bonds is 4. The third kappa shape index (κ3) is 3.89. The van der Waals surface area contributed by atoms with Crippen LogP contribution in [-0.2, 0) is 19.6 Å². The van der Waals surface area contributed by atoms with Crippen molar-refractivity contribution in [3.63, 3.8) is 0 Å². The van der Waals surface area contributed by atoms with Gasteiger partial charge in [0.15, 0.2) is 11.5 Å². The zero-order valence-electron chi connectivity index (χ0n) is 19.7. The van der Waals surface area contributed by atoms with Gasteiger partial charge in [-0.2, -0.15) is 0 Å². The van der Waals surface area contributed by atoms with Crippen LogP contribution >= 0.6 is 11.6 Å². The number of halogens is 1. The Morgan fingerprint density at radius 2 is 2.00 bits per heavy atom.